The van der Waals surface area contributed by atoms with Gasteiger partial charge in [-0.25, -0.2) is 0 Å². The first-order valence-electron chi connectivity index (χ1n) is 7.23. The van der Waals surface area contributed by atoms with Gasteiger partial charge < -0.3 is 9.88 Å². The lowest BCUT2D eigenvalue weighted by Gasteiger charge is -2.23. The van der Waals surface area contributed by atoms with Crippen molar-refractivity contribution in [1.29, 1.82) is 5.26 Å². The van der Waals surface area contributed by atoms with Gasteiger partial charge in [-0.3, -0.25) is 0 Å². The van der Waals surface area contributed by atoms with E-state index in [1.54, 1.807) is 0 Å². The Morgan fingerprint density at radius 1 is 1.24 bits per heavy atom. The molecule has 0 radical (unpaired) electrons. The molecule has 0 unspecified atom stereocenters. The van der Waals surface area contributed by atoms with Crippen molar-refractivity contribution in [3.05, 3.63) is 52.8 Å². The molecule has 0 saturated carbocycles. The van der Waals surface area contributed by atoms with Crippen molar-refractivity contribution in [2.24, 2.45) is 7.05 Å². The lowest BCUT2D eigenvalue weighted by molar-refractivity contribution is 0.591. The lowest BCUT2D eigenvalue weighted by Crippen LogP contribution is -2.14. The number of hydrogen-bond donors (Lipinski definition) is 1. The van der Waals surface area contributed by atoms with E-state index in [0.29, 0.717) is 5.69 Å². The lowest BCUT2D eigenvalue weighted by atomic mass is 9.86. The Kier molecular flexibility index (Phi) is 4.09. The van der Waals surface area contributed by atoms with Gasteiger partial charge in [0.25, 0.3) is 0 Å². The number of anilines is 1. The summed E-state index contributed by atoms with van der Waals surface area (Å²) in [5, 5.41) is 12.6. The first kappa shape index (κ1) is 15.2. The molecule has 0 aliphatic rings. The van der Waals surface area contributed by atoms with Crippen LogP contribution in [0.15, 0.2) is 30.3 Å². The molecule has 3 heteroatoms. The quantitative estimate of drug-likeness (QED) is 0.919. The Bertz CT molecular complexity index is 681. The molecule has 0 aliphatic carbocycles. The third-order valence-corrected chi connectivity index (χ3v) is 3.96. The zero-order valence-corrected chi connectivity index (χ0v) is 13.5. The van der Waals surface area contributed by atoms with Crippen molar-refractivity contribution in [2.75, 3.05) is 5.32 Å². The van der Waals surface area contributed by atoms with Crippen LogP contribution in [-0.4, -0.2) is 4.57 Å². The van der Waals surface area contributed by atoms with Crippen LogP contribution in [0.25, 0.3) is 0 Å². The summed E-state index contributed by atoms with van der Waals surface area (Å²) in [5.41, 5.74) is 5.57. The van der Waals surface area contributed by atoms with E-state index in [9.17, 15) is 0 Å². The monoisotopic (exact) mass is 281 g/mol. The summed E-state index contributed by atoms with van der Waals surface area (Å²) >= 11 is 0. The van der Waals surface area contributed by atoms with Gasteiger partial charge in [0, 0.05) is 25.0 Å². The molecule has 2 rings (SSSR count). The molecule has 0 saturated heterocycles. The minimum atomic E-state index is 0.104. The first-order valence-corrected chi connectivity index (χ1v) is 7.23. The van der Waals surface area contributed by atoms with Crippen molar-refractivity contribution in [2.45, 2.75) is 39.7 Å². The van der Waals surface area contributed by atoms with Gasteiger partial charge in [0.1, 0.15) is 11.8 Å². The van der Waals surface area contributed by atoms with Crippen LogP contribution in [0.1, 0.15) is 43.3 Å². The molecule has 0 bridgehead atoms. The second-order valence-electron chi connectivity index (χ2n) is 6.46. The van der Waals surface area contributed by atoms with Gasteiger partial charge in [-0.15, -0.1) is 0 Å². The zero-order chi connectivity index (χ0) is 15.6. The highest BCUT2D eigenvalue weighted by molar-refractivity contribution is 5.54. The standard InChI is InChI=1S/C18H23N3/c1-13-14(10-15(11-19)21(13)5)12-20-17-9-7-6-8-16(17)18(2,3)4/h6-10,20H,12H2,1-5H3. The van der Waals surface area contributed by atoms with E-state index < -0.39 is 0 Å². The topological polar surface area (TPSA) is 40.8 Å². The number of nitrogens with one attached hydrogen (secondary N) is 1. The fraction of sp³-hybridized carbons (Fsp3) is 0.389. The summed E-state index contributed by atoms with van der Waals surface area (Å²) in [7, 11) is 1.93. The third kappa shape index (κ3) is 3.11. The fourth-order valence-electron chi connectivity index (χ4n) is 2.53. The molecule has 1 heterocycles. The largest absolute Gasteiger partial charge is 0.381 e. The Labute approximate surface area is 127 Å². The average molecular weight is 281 g/mol. The summed E-state index contributed by atoms with van der Waals surface area (Å²) < 4.78 is 1.94. The van der Waals surface area contributed by atoms with Crippen LogP contribution in [-0.2, 0) is 19.0 Å². The predicted octanol–water partition coefficient (Wildman–Crippen LogP) is 4.11. The number of rotatable bonds is 3. The average Bonchev–Trinajstić information content (AvgIpc) is 2.72. The maximum absolute atomic E-state index is 9.10. The number of hydrogen-bond acceptors (Lipinski definition) is 2. The van der Waals surface area contributed by atoms with Gasteiger partial charge in [-0.05, 0) is 35.6 Å². The van der Waals surface area contributed by atoms with Crippen molar-refractivity contribution < 1.29 is 0 Å². The molecule has 110 valence electrons. The highest BCUT2D eigenvalue weighted by atomic mass is 15.0. The van der Waals surface area contributed by atoms with Crippen LogP contribution in [0.5, 0.6) is 0 Å². The number of benzene rings is 1. The van der Waals surface area contributed by atoms with Gasteiger partial charge in [0.05, 0.1) is 0 Å². The summed E-state index contributed by atoms with van der Waals surface area (Å²) in [4.78, 5) is 0. The van der Waals surface area contributed by atoms with E-state index >= 15 is 0 Å². The van der Waals surface area contributed by atoms with E-state index in [1.807, 2.05) is 24.6 Å². The number of nitriles is 1. The second kappa shape index (κ2) is 5.65. The molecule has 0 atom stereocenters. The molecule has 1 N–H and O–H groups in total. The van der Waals surface area contributed by atoms with Crippen LogP contribution >= 0.6 is 0 Å². The molecular weight excluding hydrogens is 258 g/mol. The van der Waals surface area contributed by atoms with Gasteiger partial charge in [0.15, 0.2) is 0 Å². The van der Waals surface area contributed by atoms with E-state index in [1.165, 1.54) is 5.56 Å². The Balaban J connectivity index is 2.24. The minimum absolute atomic E-state index is 0.104. The molecule has 1 aromatic heterocycles. The third-order valence-electron chi connectivity index (χ3n) is 3.96. The molecule has 3 nitrogen and oxygen atoms in total. The smallest absolute Gasteiger partial charge is 0.120 e. The van der Waals surface area contributed by atoms with E-state index in [-0.39, 0.29) is 5.41 Å². The molecule has 1 aromatic carbocycles. The van der Waals surface area contributed by atoms with Gasteiger partial charge in [-0.2, -0.15) is 5.26 Å². The Hall–Kier alpha value is -2.21. The highest BCUT2D eigenvalue weighted by Crippen LogP contribution is 2.29. The zero-order valence-electron chi connectivity index (χ0n) is 13.5. The van der Waals surface area contributed by atoms with E-state index in [4.69, 9.17) is 5.26 Å². The van der Waals surface area contributed by atoms with Crippen LogP contribution in [0.3, 0.4) is 0 Å². The minimum Gasteiger partial charge on any atom is -0.381 e. The maximum atomic E-state index is 9.10. The van der Waals surface area contributed by atoms with E-state index in [2.05, 4.69) is 56.4 Å². The molecule has 2 aromatic rings. The summed E-state index contributed by atoms with van der Waals surface area (Å²) in [5.74, 6) is 0. The van der Waals surface area contributed by atoms with Crippen molar-refractivity contribution >= 4 is 5.69 Å². The number of aromatic nitrogens is 1. The first-order chi connectivity index (χ1) is 9.84. The molecular formula is C18H23N3. The summed E-state index contributed by atoms with van der Waals surface area (Å²) in [6.07, 6.45) is 0. The molecule has 0 spiro atoms. The highest BCUT2D eigenvalue weighted by Gasteiger charge is 2.17. The van der Waals surface area contributed by atoms with Crippen molar-refractivity contribution in [1.82, 2.24) is 4.57 Å². The molecule has 0 aliphatic heterocycles. The fourth-order valence-corrected chi connectivity index (χ4v) is 2.53. The normalized spacial score (nSPS) is 11.2. The molecule has 0 amide bonds. The van der Waals surface area contributed by atoms with Crippen LogP contribution < -0.4 is 5.32 Å². The summed E-state index contributed by atoms with van der Waals surface area (Å²) in [6, 6.07) is 12.6. The molecule has 21 heavy (non-hydrogen) atoms. The van der Waals surface area contributed by atoms with Crippen LogP contribution in [0, 0.1) is 18.3 Å². The van der Waals surface area contributed by atoms with Gasteiger partial charge in [0.2, 0.25) is 0 Å². The maximum Gasteiger partial charge on any atom is 0.120 e. The number of para-hydroxylation sites is 1. The van der Waals surface area contributed by atoms with Gasteiger partial charge in [-0.1, -0.05) is 39.0 Å². The predicted molar refractivity (Wildman–Crippen MR) is 87.3 cm³/mol. The Morgan fingerprint density at radius 2 is 1.90 bits per heavy atom. The number of nitrogens with zero attached hydrogens (tertiary/aromatic N) is 2. The SMILES string of the molecule is Cc1c(CNc2ccccc2C(C)(C)C)cc(C#N)n1C. The van der Waals surface area contributed by atoms with Crippen LogP contribution in [0.2, 0.25) is 0 Å². The van der Waals surface area contributed by atoms with Crippen LogP contribution in [0.4, 0.5) is 5.69 Å². The Morgan fingerprint density at radius 3 is 2.48 bits per heavy atom. The molecule has 0 fully saturated rings. The van der Waals surface area contributed by atoms with Gasteiger partial charge >= 0.3 is 0 Å². The second-order valence-corrected chi connectivity index (χ2v) is 6.46. The summed E-state index contributed by atoms with van der Waals surface area (Å²) in [6.45, 7) is 9.43. The van der Waals surface area contributed by atoms with E-state index in [0.717, 1.165) is 23.5 Å². The van der Waals surface area contributed by atoms with Crippen molar-refractivity contribution in [3.63, 3.8) is 0 Å². The van der Waals surface area contributed by atoms with Crippen molar-refractivity contribution in [3.8, 4) is 6.07 Å².